The van der Waals surface area contributed by atoms with Gasteiger partial charge in [-0.3, -0.25) is 9.98 Å². The van der Waals surface area contributed by atoms with Gasteiger partial charge in [0.05, 0.1) is 11.4 Å². The lowest BCUT2D eigenvalue weighted by atomic mass is 10.00. The van der Waals surface area contributed by atoms with Gasteiger partial charge in [-0.1, -0.05) is 73.5 Å². The number of aromatic amines is 2. The van der Waals surface area contributed by atoms with Crippen LogP contribution in [0.4, 0.5) is 0 Å². The molecule has 4 heteroatoms. The molecule has 49 heavy (non-hydrogen) atoms. The molecule has 252 valence electrons. The van der Waals surface area contributed by atoms with Crippen molar-refractivity contribution in [2.75, 3.05) is 0 Å². The zero-order valence-corrected chi connectivity index (χ0v) is 31.2. The monoisotopic (exact) mass is 648 g/mol. The highest BCUT2D eigenvalue weighted by Gasteiger charge is 2.22. The van der Waals surface area contributed by atoms with E-state index < -0.39 is 0 Å². The molecule has 0 unspecified atom stereocenters. The molecular formula is C45H52N4. The van der Waals surface area contributed by atoms with E-state index in [9.17, 15) is 0 Å². The van der Waals surface area contributed by atoms with Gasteiger partial charge in [-0.25, -0.2) is 0 Å². The van der Waals surface area contributed by atoms with Gasteiger partial charge in [0.1, 0.15) is 0 Å². The molecule has 0 aliphatic carbocycles. The van der Waals surface area contributed by atoms with Crippen molar-refractivity contribution in [1.29, 1.82) is 0 Å². The number of rotatable bonds is 10. The van der Waals surface area contributed by atoms with Crippen molar-refractivity contribution in [3.8, 4) is 0 Å². The summed E-state index contributed by atoms with van der Waals surface area (Å²) in [4.78, 5) is 18.0. The summed E-state index contributed by atoms with van der Waals surface area (Å²) in [5.74, 6) is 0. The average molecular weight is 649 g/mol. The molecule has 4 nitrogen and oxygen atoms in total. The van der Waals surface area contributed by atoms with Gasteiger partial charge in [0.25, 0.3) is 0 Å². The van der Waals surface area contributed by atoms with Gasteiger partial charge in [-0.15, -0.1) is 0 Å². The number of hydrogen-bond donors (Lipinski definition) is 2. The van der Waals surface area contributed by atoms with E-state index in [2.05, 4.69) is 140 Å². The number of nitrogens with zero attached hydrogens (tertiary/aromatic N) is 2. The first-order valence-electron chi connectivity index (χ1n) is 17.9. The maximum absolute atomic E-state index is 5.14. The third-order valence-corrected chi connectivity index (χ3v) is 10.9. The molecule has 0 atom stereocenters. The minimum absolute atomic E-state index is 0.839. The van der Waals surface area contributed by atoms with E-state index in [0.29, 0.717) is 0 Å². The largest absolute Gasteiger partial charge is 0.358 e. The van der Waals surface area contributed by atoms with Crippen molar-refractivity contribution in [2.45, 2.75) is 101 Å². The first-order chi connectivity index (χ1) is 23.5. The minimum atomic E-state index is 0.839. The Kier molecular flexibility index (Phi) is 9.79. The van der Waals surface area contributed by atoms with Crippen molar-refractivity contribution in [3.63, 3.8) is 0 Å². The van der Waals surface area contributed by atoms with Gasteiger partial charge < -0.3 is 9.97 Å². The van der Waals surface area contributed by atoms with Crippen LogP contribution in [0.1, 0.15) is 109 Å². The number of aryl methyl sites for hydroxylation is 2. The molecule has 0 saturated carbocycles. The van der Waals surface area contributed by atoms with Crippen molar-refractivity contribution < 1.29 is 0 Å². The van der Waals surface area contributed by atoms with Crippen molar-refractivity contribution in [3.05, 3.63) is 150 Å². The molecule has 4 heterocycles. The lowest BCUT2D eigenvalue weighted by Crippen LogP contribution is -2.02. The topological polar surface area (TPSA) is 56.3 Å². The summed E-state index contributed by atoms with van der Waals surface area (Å²) in [7, 11) is 0. The molecule has 6 rings (SSSR count). The van der Waals surface area contributed by atoms with Gasteiger partial charge in [-0.05, 0) is 136 Å². The van der Waals surface area contributed by atoms with Crippen LogP contribution in [-0.2, 0) is 32.1 Å². The van der Waals surface area contributed by atoms with Gasteiger partial charge >= 0.3 is 0 Å². The zero-order valence-electron chi connectivity index (χ0n) is 31.2. The maximum Gasteiger partial charge on any atom is 0.0686 e. The Morgan fingerprint density at radius 3 is 1.20 bits per heavy atom. The molecule has 0 amide bonds. The molecule has 0 fully saturated rings. The van der Waals surface area contributed by atoms with Crippen LogP contribution in [-0.4, -0.2) is 21.4 Å². The molecule has 2 aromatic carbocycles. The van der Waals surface area contributed by atoms with Crippen LogP contribution in [0.5, 0.6) is 0 Å². The highest BCUT2D eigenvalue weighted by molar-refractivity contribution is 6.06. The second-order valence-corrected chi connectivity index (χ2v) is 14.1. The molecule has 0 radical (unpaired) electrons. The van der Waals surface area contributed by atoms with Crippen LogP contribution in [0.3, 0.4) is 0 Å². The Labute approximate surface area is 293 Å². The second-order valence-electron chi connectivity index (χ2n) is 14.1. The summed E-state index contributed by atoms with van der Waals surface area (Å²) in [6.45, 7) is 22.1. The first kappa shape index (κ1) is 34.2. The Hall–Kier alpha value is -4.70. The third-order valence-electron chi connectivity index (χ3n) is 10.9. The fourth-order valence-electron chi connectivity index (χ4n) is 7.31. The second kappa shape index (κ2) is 14.0. The Balaban J connectivity index is 1.28. The number of aromatic nitrogens is 2. The highest BCUT2D eigenvalue weighted by atomic mass is 14.8. The zero-order chi connectivity index (χ0) is 35.0. The number of hydrogen-bond acceptors (Lipinski definition) is 2. The van der Waals surface area contributed by atoms with Crippen LogP contribution in [0.25, 0.3) is 12.2 Å². The van der Waals surface area contributed by atoms with E-state index in [1.165, 1.54) is 78.2 Å². The molecule has 0 bridgehead atoms. The van der Waals surface area contributed by atoms with E-state index in [0.717, 1.165) is 66.3 Å². The Morgan fingerprint density at radius 2 is 0.857 bits per heavy atom. The van der Waals surface area contributed by atoms with Gasteiger partial charge in [0, 0.05) is 53.5 Å². The molecule has 4 aromatic rings. The minimum Gasteiger partial charge on any atom is -0.358 e. The fourth-order valence-corrected chi connectivity index (χ4v) is 7.31. The SMILES string of the molecule is CCc1c(Cc2[nH]c(/C=C3\N=C(Cc4ccc(C)cc4)C(C)=C3C)c(C)c2CC)[nH]c(/C=C2\N=C(Cc3ccc(C)cc3)C(C)=C2C)c1C. The molecular weight excluding hydrogens is 597 g/mol. The smallest absolute Gasteiger partial charge is 0.0686 e. The van der Waals surface area contributed by atoms with Gasteiger partial charge in [0.15, 0.2) is 0 Å². The van der Waals surface area contributed by atoms with Crippen LogP contribution >= 0.6 is 0 Å². The predicted octanol–water partition coefficient (Wildman–Crippen LogP) is 11.0. The van der Waals surface area contributed by atoms with Crippen LogP contribution < -0.4 is 0 Å². The molecule has 2 aromatic heterocycles. The number of allylic oxidation sites excluding steroid dienone is 4. The molecule has 0 saturated heterocycles. The molecule has 2 N–H and O–H groups in total. The quantitative estimate of drug-likeness (QED) is 0.172. The summed E-state index contributed by atoms with van der Waals surface area (Å²) in [5.41, 5.74) is 25.1. The Morgan fingerprint density at radius 1 is 0.490 bits per heavy atom. The van der Waals surface area contributed by atoms with E-state index >= 15 is 0 Å². The summed E-state index contributed by atoms with van der Waals surface area (Å²) < 4.78 is 0. The number of H-pyrrole nitrogens is 2. The van der Waals surface area contributed by atoms with Crippen LogP contribution in [0.2, 0.25) is 0 Å². The molecule has 0 spiro atoms. The normalized spacial score (nSPS) is 16.5. The van der Waals surface area contributed by atoms with E-state index in [1.54, 1.807) is 0 Å². The summed E-state index contributed by atoms with van der Waals surface area (Å²) in [5, 5.41) is 0. The van der Waals surface area contributed by atoms with E-state index in [-0.39, 0.29) is 0 Å². The molecule has 2 aliphatic heterocycles. The summed E-state index contributed by atoms with van der Waals surface area (Å²) >= 11 is 0. The predicted molar refractivity (Wildman–Crippen MR) is 210 cm³/mol. The highest BCUT2D eigenvalue weighted by Crippen LogP contribution is 2.33. The van der Waals surface area contributed by atoms with Crippen LogP contribution in [0, 0.1) is 27.7 Å². The maximum atomic E-state index is 5.14. The van der Waals surface area contributed by atoms with Crippen molar-refractivity contribution in [2.24, 2.45) is 9.98 Å². The number of aliphatic imine (C=N–C) groups is 2. The van der Waals surface area contributed by atoms with Crippen molar-refractivity contribution in [1.82, 2.24) is 9.97 Å². The Bertz CT molecular complexity index is 1940. The summed E-state index contributed by atoms with van der Waals surface area (Å²) in [6.07, 6.45) is 9.04. The van der Waals surface area contributed by atoms with E-state index in [1.807, 2.05) is 0 Å². The molecule has 2 aliphatic rings. The fraction of sp³-hybridized carbons (Fsp3) is 0.333. The van der Waals surface area contributed by atoms with Gasteiger partial charge in [-0.2, -0.15) is 0 Å². The van der Waals surface area contributed by atoms with Gasteiger partial charge in [0.2, 0.25) is 0 Å². The van der Waals surface area contributed by atoms with Crippen molar-refractivity contribution >= 4 is 23.6 Å². The first-order valence-corrected chi connectivity index (χ1v) is 17.9. The van der Waals surface area contributed by atoms with Crippen LogP contribution in [0.15, 0.2) is 92.2 Å². The number of benzene rings is 2. The third kappa shape index (κ3) is 6.92. The standard InChI is InChI=1S/C45H52N4/c1-11-36-32(9)42(23-40-30(7)28(5)38(46-40)21-34-17-13-26(3)14-18-34)48-44(36)25-45-37(12-2)33(10)43(49-45)24-41-31(8)29(6)39(47-41)22-35-19-15-27(4)16-20-35/h13-20,23-24,48-49H,11-12,21-22,25H2,1-10H3/b40-23-,41-24-. The van der Waals surface area contributed by atoms with E-state index in [4.69, 9.17) is 9.98 Å². The lowest BCUT2D eigenvalue weighted by molar-refractivity contribution is 0.965. The lowest BCUT2D eigenvalue weighted by Gasteiger charge is -2.05. The summed E-state index contributed by atoms with van der Waals surface area (Å²) in [6, 6.07) is 17.6. The average Bonchev–Trinajstić information content (AvgIpc) is 3.73. The number of nitrogens with one attached hydrogen (secondary N) is 2.